The molecule has 0 bridgehead atoms. The summed E-state index contributed by atoms with van der Waals surface area (Å²) in [5.41, 5.74) is 2.02. The molecule has 0 spiro atoms. The molecule has 0 saturated carbocycles. The zero-order valence-electron chi connectivity index (χ0n) is 8.88. The normalized spacial score (nSPS) is 12.5. The van der Waals surface area contributed by atoms with Gasteiger partial charge in [-0.15, -0.1) is 0 Å². The number of carbonyl (C=O) groups excluding carboxylic acids is 2. The zero-order valence-corrected chi connectivity index (χ0v) is 10.3. The van der Waals surface area contributed by atoms with Crippen LogP contribution in [0.25, 0.3) is 0 Å². The van der Waals surface area contributed by atoms with Crippen molar-refractivity contribution in [2.24, 2.45) is 0 Å². The second-order valence-corrected chi connectivity index (χ2v) is 3.75. The first kappa shape index (κ1) is 11.8. The molecule has 81 valence electrons. The predicted octanol–water partition coefficient (Wildman–Crippen LogP) is 2.46. The van der Waals surface area contributed by atoms with E-state index in [0.29, 0.717) is 22.3 Å². The fourth-order valence-corrected chi connectivity index (χ4v) is 2.05. The van der Waals surface area contributed by atoms with Gasteiger partial charge in [0.1, 0.15) is 0 Å². The molecule has 17 heavy (non-hydrogen) atoms. The van der Waals surface area contributed by atoms with Crippen molar-refractivity contribution in [2.45, 2.75) is 0 Å². The summed E-state index contributed by atoms with van der Waals surface area (Å²) in [6, 6.07) is 13.9. The van der Waals surface area contributed by atoms with Gasteiger partial charge < -0.3 is 0 Å². The van der Waals surface area contributed by atoms with Gasteiger partial charge in [0.2, 0.25) is 0 Å². The predicted molar refractivity (Wildman–Crippen MR) is 59.7 cm³/mol. The fourth-order valence-electron chi connectivity index (χ4n) is 2.05. The van der Waals surface area contributed by atoms with Crippen molar-refractivity contribution in [3.05, 3.63) is 70.8 Å². The largest absolute Gasteiger partial charge is 0.289 e. The van der Waals surface area contributed by atoms with Crippen LogP contribution >= 0.6 is 0 Å². The van der Waals surface area contributed by atoms with Crippen LogP contribution in [0.2, 0.25) is 0 Å². The molecular weight excluding hydrogens is 251 g/mol. The molecule has 1 aliphatic carbocycles. The summed E-state index contributed by atoms with van der Waals surface area (Å²) in [6.45, 7) is 0. The van der Waals surface area contributed by atoms with E-state index in [9.17, 15) is 9.59 Å². The van der Waals surface area contributed by atoms with Crippen molar-refractivity contribution in [1.82, 2.24) is 0 Å². The van der Waals surface area contributed by atoms with Gasteiger partial charge in [-0.25, -0.2) is 0 Å². The third-order valence-corrected chi connectivity index (χ3v) is 2.83. The van der Waals surface area contributed by atoms with E-state index in [-0.39, 0.29) is 30.1 Å². The Morgan fingerprint density at radius 1 is 0.529 bits per heavy atom. The van der Waals surface area contributed by atoms with Crippen LogP contribution in [0.15, 0.2) is 48.5 Å². The van der Waals surface area contributed by atoms with Gasteiger partial charge >= 0.3 is 0 Å². The molecule has 0 fully saturated rings. The van der Waals surface area contributed by atoms with Crippen LogP contribution in [-0.2, 0) is 18.6 Å². The first-order valence-corrected chi connectivity index (χ1v) is 5.06. The minimum Gasteiger partial charge on any atom is -0.289 e. The van der Waals surface area contributed by atoms with Crippen molar-refractivity contribution in [3.8, 4) is 0 Å². The number of hydrogen-bond acceptors (Lipinski definition) is 2. The van der Waals surface area contributed by atoms with Crippen molar-refractivity contribution in [1.29, 1.82) is 0 Å². The maximum absolute atomic E-state index is 12.1. The van der Waals surface area contributed by atoms with Crippen LogP contribution < -0.4 is 0 Å². The number of fused-ring (bicyclic) bond motifs is 2. The maximum atomic E-state index is 12.1. The summed E-state index contributed by atoms with van der Waals surface area (Å²) in [6.07, 6.45) is 0. The molecular formula is C14H8O2V. The quantitative estimate of drug-likeness (QED) is 0.621. The topological polar surface area (TPSA) is 34.1 Å². The summed E-state index contributed by atoms with van der Waals surface area (Å²) < 4.78 is 0. The van der Waals surface area contributed by atoms with Gasteiger partial charge in [-0.3, -0.25) is 9.59 Å². The summed E-state index contributed by atoms with van der Waals surface area (Å²) in [4.78, 5) is 24.2. The Labute approximate surface area is 111 Å². The maximum Gasteiger partial charge on any atom is 0.194 e. The van der Waals surface area contributed by atoms with E-state index in [0.717, 1.165) is 0 Å². The average Bonchev–Trinajstić information content (AvgIpc) is 2.36. The van der Waals surface area contributed by atoms with E-state index in [1.54, 1.807) is 48.5 Å². The number of benzene rings is 2. The van der Waals surface area contributed by atoms with Gasteiger partial charge in [0, 0.05) is 40.8 Å². The molecule has 2 aromatic carbocycles. The summed E-state index contributed by atoms with van der Waals surface area (Å²) >= 11 is 0. The molecule has 0 N–H and O–H groups in total. The van der Waals surface area contributed by atoms with Gasteiger partial charge in [-0.2, -0.15) is 0 Å². The summed E-state index contributed by atoms with van der Waals surface area (Å²) in [7, 11) is 0. The van der Waals surface area contributed by atoms with Crippen molar-refractivity contribution >= 4 is 11.6 Å². The molecule has 0 heterocycles. The van der Waals surface area contributed by atoms with E-state index in [1.165, 1.54) is 0 Å². The number of carbonyl (C=O) groups is 2. The third kappa shape index (κ3) is 1.66. The molecule has 2 nitrogen and oxygen atoms in total. The van der Waals surface area contributed by atoms with Gasteiger partial charge in [-0.05, 0) is 0 Å². The third-order valence-electron chi connectivity index (χ3n) is 2.83. The first-order valence-electron chi connectivity index (χ1n) is 5.06. The number of hydrogen-bond donors (Lipinski definition) is 0. The van der Waals surface area contributed by atoms with Crippen LogP contribution in [0.4, 0.5) is 0 Å². The van der Waals surface area contributed by atoms with E-state index in [4.69, 9.17) is 0 Å². The molecule has 1 radical (unpaired) electrons. The summed E-state index contributed by atoms with van der Waals surface area (Å²) in [5.74, 6) is -0.128. The molecule has 3 heteroatoms. The second-order valence-electron chi connectivity index (χ2n) is 3.75. The van der Waals surface area contributed by atoms with Crippen LogP contribution in [0.1, 0.15) is 31.8 Å². The number of rotatable bonds is 0. The monoisotopic (exact) mass is 259 g/mol. The zero-order chi connectivity index (χ0) is 11.1. The van der Waals surface area contributed by atoms with Gasteiger partial charge in [0.15, 0.2) is 11.6 Å². The van der Waals surface area contributed by atoms with Gasteiger partial charge in [-0.1, -0.05) is 48.5 Å². The van der Waals surface area contributed by atoms with Crippen LogP contribution in [-0.4, -0.2) is 11.6 Å². The molecule has 1 aliphatic rings. The molecule has 0 aliphatic heterocycles. The van der Waals surface area contributed by atoms with Crippen molar-refractivity contribution < 1.29 is 28.1 Å². The average molecular weight is 259 g/mol. The van der Waals surface area contributed by atoms with Crippen molar-refractivity contribution in [3.63, 3.8) is 0 Å². The Hall–Kier alpha value is -1.64. The van der Waals surface area contributed by atoms with E-state index in [1.807, 2.05) is 0 Å². The van der Waals surface area contributed by atoms with Crippen LogP contribution in [0.3, 0.4) is 0 Å². The second kappa shape index (κ2) is 4.32. The van der Waals surface area contributed by atoms with E-state index < -0.39 is 0 Å². The molecule has 3 rings (SSSR count). The Balaban J connectivity index is 0.00000108. The minimum atomic E-state index is -0.0641. The van der Waals surface area contributed by atoms with Gasteiger partial charge in [0.25, 0.3) is 0 Å². The van der Waals surface area contributed by atoms with Crippen LogP contribution in [0.5, 0.6) is 0 Å². The van der Waals surface area contributed by atoms with E-state index >= 15 is 0 Å². The Bertz CT molecular complexity index is 512. The number of ketones is 2. The molecule has 0 atom stereocenters. The Morgan fingerprint density at radius 3 is 1.00 bits per heavy atom. The summed E-state index contributed by atoms with van der Waals surface area (Å²) in [5, 5.41) is 0. The van der Waals surface area contributed by atoms with E-state index in [2.05, 4.69) is 0 Å². The van der Waals surface area contributed by atoms with Gasteiger partial charge in [0.05, 0.1) is 0 Å². The fraction of sp³-hybridized carbons (Fsp3) is 0. The molecule has 2 aromatic rings. The Kier molecular flexibility index (Phi) is 3.01. The first-order chi connectivity index (χ1) is 7.79. The van der Waals surface area contributed by atoms with Crippen LogP contribution in [0, 0.1) is 0 Å². The minimum absolute atomic E-state index is 0. The molecule has 0 aromatic heterocycles. The van der Waals surface area contributed by atoms with Crippen molar-refractivity contribution in [2.75, 3.05) is 0 Å². The molecule has 0 saturated heterocycles. The standard InChI is InChI=1S/C14H8O2.V/c15-13-9-5-1-2-6-10(9)14(16)12-8-4-3-7-11(12)13;/h1-8H;. The molecule has 0 amide bonds. The smallest absolute Gasteiger partial charge is 0.194 e. The molecule has 0 unspecified atom stereocenters. The Morgan fingerprint density at radius 2 is 0.765 bits per heavy atom. The SMILES string of the molecule is O=C1c2ccccc2C(=O)c2ccccc21.[V].